The molecular weight excluding hydrogens is 198 g/mol. The molecule has 2 N–H and O–H groups in total. The maximum atomic E-state index is 9.86. The number of phenols is 1. The molecule has 2 rings (SSSR count). The molecule has 0 heterocycles. The van der Waals surface area contributed by atoms with Gasteiger partial charge in [0.15, 0.2) is 0 Å². The van der Waals surface area contributed by atoms with E-state index in [4.69, 9.17) is 0 Å². The molecule has 88 valence electrons. The highest BCUT2D eigenvalue weighted by atomic mass is 16.3. The zero-order valence-electron chi connectivity index (χ0n) is 10.2. The number of rotatable bonds is 4. The van der Waals surface area contributed by atoms with E-state index in [1.54, 1.807) is 0 Å². The van der Waals surface area contributed by atoms with Crippen LogP contribution in [0.5, 0.6) is 5.75 Å². The number of para-hydroxylation sites is 1. The third-order valence-corrected chi connectivity index (χ3v) is 3.75. The fourth-order valence-electron chi connectivity index (χ4n) is 2.32. The van der Waals surface area contributed by atoms with E-state index in [0.29, 0.717) is 11.2 Å². The standard InChI is InChI=1S/C14H21NO/c1-11-5-3-6-12(13(11)16)9-15-10-14(2)7-4-8-14/h3,5-6,15-16H,4,7-10H2,1-2H3. The van der Waals surface area contributed by atoms with Crippen molar-refractivity contribution in [3.63, 3.8) is 0 Å². The highest BCUT2D eigenvalue weighted by molar-refractivity contribution is 5.39. The van der Waals surface area contributed by atoms with Crippen LogP contribution in [-0.2, 0) is 6.54 Å². The van der Waals surface area contributed by atoms with Gasteiger partial charge >= 0.3 is 0 Å². The van der Waals surface area contributed by atoms with E-state index >= 15 is 0 Å². The predicted octanol–water partition coefficient (Wildman–Crippen LogP) is 2.98. The maximum Gasteiger partial charge on any atom is 0.122 e. The molecule has 1 aliphatic carbocycles. The number of phenolic OH excluding ortho intramolecular Hbond substituents is 1. The Morgan fingerprint density at radius 1 is 1.38 bits per heavy atom. The van der Waals surface area contributed by atoms with E-state index in [1.165, 1.54) is 19.3 Å². The van der Waals surface area contributed by atoms with Gasteiger partial charge < -0.3 is 10.4 Å². The first-order valence-corrected chi connectivity index (χ1v) is 6.09. The molecule has 0 aliphatic heterocycles. The van der Waals surface area contributed by atoms with Gasteiger partial charge in [-0.05, 0) is 30.7 Å². The summed E-state index contributed by atoms with van der Waals surface area (Å²) in [5.74, 6) is 0.439. The largest absolute Gasteiger partial charge is 0.507 e. The van der Waals surface area contributed by atoms with Crippen molar-refractivity contribution in [2.75, 3.05) is 6.54 Å². The molecule has 0 aromatic heterocycles. The van der Waals surface area contributed by atoms with Gasteiger partial charge in [-0.1, -0.05) is 31.5 Å². The molecule has 2 nitrogen and oxygen atoms in total. The number of nitrogens with one attached hydrogen (secondary N) is 1. The number of aromatic hydroxyl groups is 1. The average molecular weight is 219 g/mol. The van der Waals surface area contributed by atoms with Crippen molar-refractivity contribution in [2.24, 2.45) is 5.41 Å². The average Bonchev–Trinajstić information content (AvgIpc) is 2.22. The van der Waals surface area contributed by atoms with Crippen molar-refractivity contribution in [3.8, 4) is 5.75 Å². The first-order chi connectivity index (χ1) is 7.61. The van der Waals surface area contributed by atoms with Crippen LogP contribution in [0, 0.1) is 12.3 Å². The molecule has 0 spiro atoms. The molecule has 1 fully saturated rings. The van der Waals surface area contributed by atoms with Gasteiger partial charge in [-0.2, -0.15) is 0 Å². The highest BCUT2D eigenvalue weighted by Crippen LogP contribution is 2.39. The zero-order valence-corrected chi connectivity index (χ0v) is 10.2. The van der Waals surface area contributed by atoms with E-state index < -0.39 is 0 Å². The Labute approximate surface area is 97.7 Å². The molecule has 0 bridgehead atoms. The smallest absolute Gasteiger partial charge is 0.122 e. The minimum absolute atomic E-state index is 0.439. The van der Waals surface area contributed by atoms with Crippen molar-refractivity contribution in [1.82, 2.24) is 5.32 Å². The lowest BCUT2D eigenvalue weighted by Crippen LogP contribution is -2.36. The van der Waals surface area contributed by atoms with Crippen LogP contribution in [-0.4, -0.2) is 11.7 Å². The second-order valence-electron chi connectivity index (χ2n) is 5.35. The third-order valence-electron chi connectivity index (χ3n) is 3.75. The molecule has 0 radical (unpaired) electrons. The van der Waals surface area contributed by atoms with Gasteiger partial charge in [0.2, 0.25) is 0 Å². The Morgan fingerprint density at radius 2 is 2.12 bits per heavy atom. The summed E-state index contributed by atoms with van der Waals surface area (Å²) in [5.41, 5.74) is 2.46. The highest BCUT2D eigenvalue weighted by Gasteiger charge is 2.30. The topological polar surface area (TPSA) is 32.3 Å². The molecule has 1 saturated carbocycles. The van der Waals surface area contributed by atoms with Crippen molar-refractivity contribution >= 4 is 0 Å². The first-order valence-electron chi connectivity index (χ1n) is 6.09. The summed E-state index contributed by atoms with van der Waals surface area (Å²) in [6.07, 6.45) is 4.04. The lowest BCUT2D eigenvalue weighted by atomic mass is 9.70. The lowest BCUT2D eigenvalue weighted by Gasteiger charge is -2.38. The fraction of sp³-hybridized carbons (Fsp3) is 0.571. The normalized spacial score (nSPS) is 18.1. The third kappa shape index (κ3) is 2.38. The van der Waals surface area contributed by atoms with Crippen LogP contribution in [0.15, 0.2) is 18.2 Å². The molecule has 1 aromatic rings. The first kappa shape index (κ1) is 11.5. The maximum absolute atomic E-state index is 9.86. The van der Waals surface area contributed by atoms with E-state index in [-0.39, 0.29) is 0 Å². The summed E-state index contributed by atoms with van der Waals surface area (Å²) in [5, 5.41) is 13.3. The van der Waals surface area contributed by atoms with Gasteiger partial charge in [0, 0.05) is 18.7 Å². The molecule has 2 heteroatoms. The summed E-state index contributed by atoms with van der Waals surface area (Å²) >= 11 is 0. The summed E-state index contributed by atoms with van der Waals surface area (Å²) in [6, 6.07) is 5.92. The summed E-state index contributed by atoms with van der Waals surface area (Å²) in [7, 11) is 0. The van der Waals surface area contributed by atoms with Crippen LogP contribution < -0.4 is 5.32 Å². The van der Waals surface area contributed by atoms with Gasteiger partial charge in [0.1, 0.15) is 5.75 Å². The van der Waals surface area contributed by atoms with Gasteiger partial charge in [0.25, 0.3) is 0 Å². The molecule has 0 unspecified atom stereocenters. The Morgan fingerprint density at radius 3 is 2.75 bits per heavy atom. The number of hydrogen-bond acceptors (Lipinski definition) is 2. The number of hydrogen-bond donors (Lipinski definition) is 2. The van der Waals surface area contributed by atoms with Crippen molar-refractivity contribution in [1.29, 1.82) is 0 Å². The van der Waals surface area contributed by atoms with E-state index in [0.717, 1.165) is 24.2 Å². The van der Waals surface area contributed by atoms with E-state index in [1.807, 2.05) is 25.1 Å². The molecule has 0 atom stereocenters. The SMILES string of the molecule is Cc1cccc(CNCC2(C)CCC2)c1O. The van der Waals surface area contributed by atoms with Crippen molar-refractivity contribution in [3.05, 3.63) is 29.3 Å². The van der Waals surface area contributed by atoms with Gasteiger partial charge in [-0.3, -0.25) is 0 Å². The van der Waals surface area contributed by atoms with Crippen molar-refractivity contribution in [2.45, 2.75) is 39.7 Å². The zero-order chi connectivity index (χ0) is 11.6. The second-order valence-corrected chi connectivity index (χ2v) is 5.35. The molecule has 1 aromatic carbocycles. The summed E-state index contributed by atoms with van der Waals surface area (Å²) in [4.78, 5) is 0. The number of aryl methyl sites for hydroxylation is 1. The van der Waals surface area contributed by atoms with Crippen LogP contribution in [0.25, 0.3) is 0 Å². The van der Waals surface area contributed by atoms with Crippen LogP contribution in [0.1, 0.15) is 37.3 Å². The molecular formula is C14H21NO. The molecule has 1 aliphatic rings. The summed E-state index contributed by atoms with van der Waals surface area (Å²) < 4.78 is 0. The molecule has 16 heavy (non-hydrogen) atoms. The molecule has 0 amide bonds. The minimum Gasteiger partial charge on any atom is -0.507 e. The van der Waals surface area contributed by atoms with E-state index in [9.17, 15) is 5.11 Å². The quantitative estimate of drug-likeness (QED) is 0.816. The number of benzene rings is 1. The molecule has 0 saturated heterocycles. The Hall–Kier alpha value is -1.02. The Kier molecular flexibility index (Phi) is 3.20. The van der Waals surface area contributed by atoms with E-state index in [2.05, 4.69) is 12.2 Å². The van der Waals surface area contributed by atoms with Gasteiger partial charge in [-0.15, -0.1) is 0 Å². The van der Waals surface area contributed by atoms with Crippen LogP contribution in [0.4, 0.5) is 0 Å². The lowest BCUT2D eigenvalue weighted by molar-refractivity contribution is 0.156. The van der Waals surface area contributed by atoms with Crippen LogP contribution in [0.2, 0.25) is 0 Å². The Balaban J connectivity index is 1.87. The monoisotopic (exact) mass is 219 g/mol. The predicted molar refractivity (Wildman–Crippen MR) is 66.5 cm³/mol. The van der Waals surface area contributed by atoms with Crippen LogP contribution in [0.3, 0.4) is 0 Å². The second kappa shape index (κ2) is 4.46. The van der Waals surface area contributed by atoms with Gasteiger partial charge in [0.05, 0.1) is 0 Å². The van der Waals surface area contributed by atoms with Crippen LogP contribution >= 0.6 is 0 Å². The Bertz CT molecular complexity index is 369. The van der Waals surface area contributed by atoms with Crippen molar-refractivity contribution < 1.29 is 5.11 Å². The van der Waals surface area contributed by atoms with Gasteiger partial charge in [-0.25, -0.2) is 0 Å². The fourth-order valence-corrected chi connectivity index (χ4v) is 2.32. The minimum atomic E-state index is 0.439. The summed E-state index contributed by atoms with van der Waals surface area (Å²) in [6.45, 7) is 6.09.